The number of halogens is 6. The van der Waals surface area contributed by atoms with Crippen LogP contribution in [-0.4, -0.2) is 37.0 Å². The van der Waals surface area contributed by atoms with Gasteiger partial charge in [-0.1, -0.05) is 24.3 Å². The summed E-state index contributed by atoms with van der Waals surface area (Å²) in [6.45, 7) is 5.74. The summed E-state index contributed by atoms with van der Waals surface area (Å²) in [6, 6.07) is 8.75. The highest BCUT2D eigenvalue weighted by Crippen LogP contribution is 2.40. The maximum absolute atomic E-state index is 13.5. The van der Waals surface area contributed by atoms with Gasteiger partial charge in [0.1, 0.15) is 0 Å². The number of carbonyl (C=O) groups is 1. The molecule has 0 saturated carbocycles. The third-order valence-corrected chi connectivity index (χ3v) is 6.43. The lowest BCUT2D eigenvalue weighted by Gasteiger charge is -2.36. The molecule has 0 spiro atoms. The quantitative estimate of drug-likeness (QED) is 0.594. The van der Waals surface area contributed by atoms with E-state index < -0.39 is 34.8 Å². The van der Waals surface area contributed by atoms with Crippen LogP contribution in [0.5, 0.6) is 0 Å². The third-order valence-electron chi connectivity index (χ3n) is 6.43. The topological polar surface area (TPSA) is 32.3 Å². The molecule has 1 saturated heterocycles. The molecule has 2 atom stereocenters. The van der Waals surface area contributed by atoms with Crippen LogP contribution >= 0.6 is 0 Å². The maximum atomic E-state index is 13.5. The maximum Gasteiger partial charge on any atom is 0.416 e. The fourth-order valence-electron chi connectivity index (χ4n) is 4.42. The molecule has 1 amide bonds. The van der Waals surface area contributed by atoms with Crippen LogP contribution in [0.2, 0.25) is 0 Å². The van der Waals surface area contributed by atoms with E-state index >= 15 is 0 Å². The SMILES string of the molecule is Cc1ccccc1C1CNCC1N(C)C(=O)C(C)(C)c1cc(C(F)(F)F)cc(C(F)(F)F)c1. The Labute approximate surface area is 188 Å². The van der Waals surface area contributed by atoms with Crippen molar-refractivity contribution in [3.05, 3.63) is 70.3 Å². The summed E-state index contributed by atoms with van der Waals surface area (Å²) < 4.78 is 80.0. The fraction of sp³-hybridized carbons (Fsp3) is 0.458. The van der Waals surface area contributed by atoms with Gasteiger partial charge in [0.2, 0.25) is 5.91 Å². The lowest BCUT2D eigenvalue weighted by molar-refractivity contribution is -0.144. The number of carbonyl (C=O) groups excluding carboxylic acids is 1. The Bertz CT molecular complexity index is 996. The van der Waals surface area contributed by atoms with Crippen LogP contribution in [0.15, 0.2) is 42.5 Å². The molecule has 3 rings (SSSR count). The third kappa shape index (κ3) is 5.03. The summed E-state index contributed by atoms with van der Waals surface area (Å²) in [7, 11) is 1.55. The Morgan fingerprint density at radius 3 is 1.94 bits per heavy atom. The smallest absolute Gasteiger partial charge is 0.340 e. The average Bonchev–Trinajstić information content (AvgIpc) is 3.21. The predicted octanol–water partition coefficient (Wildman–Crippen LogP) is 5.52. The second-order valence-corrected chi connectivity index (χ2v) is 9.02. The molecule has 9 heteroatoms. The van der Waals surface area contributed by atoms with Gasteiger partial charge in [-0.15, -0.1) is 0 Å². The van der Waals surface area contributed by atoms with E-state index in [1.54, 1.807) is 7.05 Å². The number of benzene rings is 2. The zero-order valence-electron chi connectivity index (χ0n) is 18.7. The Balaban J connectivity index is 1.98. The van der Waals surface area contributed by atoms with Gasteiger partial charge in [-0.2, -0.15) is 26.3 Å². The molecule has 33 heavy (non-hydrogen) atoms. The Kier molecular flexibility index (Phi) is 6.59. The minimum atomic E-state index is -4.98. The molecule has 1 N–H and O–H groups in total. The normalized spacial score (nSPS) is 19.6. The van der Waals surface area contributed by atoms with Crippen LogP contribution in [0.4, 0.5) is 26.3 Å². The van der Waals surface area contributed by atoms with Gasteiger partial charge in [0.25, 0.3) is 0 Å². The van der Waals surface area contributed by atoms with Crippen molar-refractivity contribution in [1.29, 1.82) is 0 Å². The van der Waals surface area contributed by atoms with E-state index in [0.29, 0.717) is 25.2 Å². The monoisotopic (exact) mass is 472 g/mol. The second kappa shape index (κ2) is 8.66. The van der Waals surface area contributed by atoms with Crippen molar-refractivity contribution in [3.63, 3.8) is 0 Å². The largest absolute Gasteiger partial charge is 0.416 e. The van der Waals surface area contributed by atoms with Gasteiger partial charge in [-0.3, -0.25) is 4.79 Å². The van der Waals surface area contributed by atoms with E-state index in [-0.39, 0.29) is 23.6 Å². The van der Waals surface area contributed by atoms with Gasteiger partial charge >= 0.3 is 12.4 Å². The molecule has 1 fully saturated rings. The molecule has 1 aliphatic rings. The van der Waals surface area contributed by atoms with Crippen LogP contribution in [0.25, 0.3) is 0 Å². The highest BCUT2D eigenvalue weighted by atomic mass is 19.4. The van der Waals surface area contributed by atoms with Crippen LogP contribution in [0.1, 0.15) is 47.6 Å². The van der Waals surface area contributed by atoms with Gasteiger partial charge in [0.05, 0.1) is 22.6 Å². The standard InChI is InChI=1S/C24H26F6N2O/c1-14-7-5-6-8-18(14)19-12-31-13-20(19)32(4)21(33)22(2,3)15-9-16(23(25,26)27)11-17(10-15)24(28,29)30/h5-11,19-20,31H,12-13H2,1-4H3. The van der Waals surface area contributed by atoms with Crippen molar-refractivity contribution >= 4 is 5.91 Å². The summed E-state index contributed by atoms with van der Waals surface area (Å²) in [5.41, 5.74) is -2.73. The zero-order chi connectivity index (χ0) is 24.8. The first-order valence-corrected chi connectivity index (χ1v) is 10.5. The number of amides is 1. The summed E-state index contributed by atoms with van der Waals surface area (Å²) in [4.78, 5) is 14.9. The molecule has 1 aliphatic heterocycles. The molecule has 1 heterocycles. The summed E-state index contributed by atoms with van der Waals surface area (Å²) >= 11 is 0. The number of aryl methyl sites for hydroxylation is 1. The highest BCUT2D eigenvalue weighted by Gasteiger charge is 2.43. The molecule has 0 aromatic heterocycles. The molecule has 2 aromatic rings. The van der Waals surface area contributed by atoms with Crippen LogP contribution in [0.3, 0.4) is 0 Å². The molecule has 180 valence electrons. The highest BCUT2D eigenvalue weighted by molar-refractivity contribution is 5.87. The van der Waals surface area contributed by atoms with E-state index in [1.807, 2.05) is 31.2 Å². The van der Waals surface area contributed by atoms with E-state index in [0.717, 1.165) is 11.1 Å². The van der Waals surface area contributed by atoms with Crippen LogP contribution in [0, 0.1) is 6.92 Å². The van der Waals surface area contributed by atoms with E-state index in [2.05, 4.69) is 5.32 Å². The lowest BCUT2D eigenvalue weighted by Crippen LogP contribution is -2.49. The first kappa shape index (κ1) is 25.1. The number of nitrogens with zero attached hydrogens (tertiary/aromatic N) is 1. The Morgan fingerprint density at radius 2 is 1.42 bits per heavy atom. The number of hydrogen-bond acceptors (Lipinski definition) is 2. The molecular weight excluding hydrogens is 446 g/mol. The number of likely N-dealkylation sites (N-methyl/N-ethyl adjacent to an activating group) is 1. The first-order chi connectivity index (χ1) is 15.1. The minimum Gasteiger partial charge on any atom is -0.340 e. The Morgan fingerprint density at radius 1 is 0.909 bits per heavy atom. The van der Waals surface area contributed by atoms with Gasteiger partial charge in [0.15, 0.2) is 0 Å². The molecular formula is C24H26F6N2O. The van der Waals surface area contributed by atoms with E-state index in [4.69, 9.17) is 0 Å². The number of rotatable bonds is 4. The van der Waals surface area contributed by atoms with Gasteiger partial charge in [0, 0.05) is 26.1 Å². The average molecular weight is 472 g/mol. The van der Waals surface area contributed by atoms with E-state index in [9.17, 15) is 31.1 Å². The lowest BCUT2D eigenvalue weighted by atomic mass is 9.80. The second-order valence-electron chi connectivity index (χ2n) is 9.02. The molecule has 2 unspecified atom stereocenters. The molecule has 2 aromatic carbocycles. The Hall–Kier alpha value is -2.55. The summed E-state index contributed by atoms with van der Waals surface area (Å²) in [6.07, 6.45) is -9.96. The van der Waals surface area contributed by atoms with Gasteiger partial charge in [-0.25, -0.2) is 0 Å². The number of alkyl halides is 6. The van der Waals surface area contributed by atoms with E-state index in [1.165, 1.54) is 18.7 Å². The van der Waals surface area contributed by atoms with Crippen molar-refractivity contribution < 1.29 is 31.1 Å². The van der Waals surface area contributed by atoms with Crippen molar-refractivity contribution in [2.45, 2.75) is 50.5 Å². The van der Waals surface area contributed by atoms with Crippen LogP contribution in [-0.2, 0) is 22.6 Å². The minimum absolute atomic E-state index is 0.0526. The molecule has 0 aliphatic carbocycles. The van der Waals surface area contributed by atoms with Gasteiger partial charge in [-0.05, 0) is 55.7 Å². The summed E-state index contributed by atoms with van der Waals surface area (Å²) in [5, 5.41) is 3.24. The zero-order valence-corrected chi connectivity index (χ0v) is 18.7. The predicted molar refractivity (Wildman–Crippen MR) is 113 cm³/mol. The molecule has 0 bridgehead atoms. The summed E-state index contributed by atoms with van der Waals surface area (Å²) in [5.74, 6) is -0.606. The fourth-order valence-corrected chi connectivity index (χ4v) is 4.42. The molecule has 0 radical (unpaired) electrons. The van der Waals surface area contributed by atoms with Crippen molar-refractivity contribution in [2.75, 3.05) is 20.1 Å². The van der Waals surface area contributed by atoms with Crippen molar-refractivity contribution in [1.82, 2.24) is 10.2 Å². The number of hydrogen-bond donors (Lipinski definition) is 1. The number of nitrogens with one attached hydrogen (secondary N) is 1. The van der Waals surface area contributed by atoms with Gasteiger partial charge < -0.3 is 10.2 Å². The molecule has 3 nitrogen and oxygen atoms in total. The first-order valence-electron chi connectivity index (χ1n) is 10.5. The van der Waals surface area contributed by atoms with Crippen molar-refractivity contribution in [2.24, 2.45) is 0 Å². The van der Waals surface area contributed by atoms with Crippen molar-refractivity contribution in [3.8, 4) is 0 Å². The van der Waals surface area contributed by atoms with Crippen LogP contribution < -0.4 is 5.32 Å².